The second-order valence-electron chi connectivity index (χ2n) is 11.1. The summed E-state index contributed by atoms with van der Waals surface area (Å²) in [6, 6.07) is 24.7. The number of aryl methyl sites for hydroxylation is 2. The number of fused-ring (bicyclic) bond motifs is 1. The number of carbonyl (C=O) groups is 2. The fourth-order valence-electron chi connectivity index (χ4n) is 5.82. The van der Waals surface area contributed by atoms with Crippen LogP contribution < -0.4 is 19.7 Å². The number of benzene rings is 3. The van der Waals surface area contributed by atoms with Crippen molar-refractivity contribution >= 4 is 41.0 Å². The lowest BCUT2D eigenvalue weighted by molar-refractivity contribution is -0.123. The summed E-state index contributed by atoms with van der Waals surface area (Å²) in [5, 5.41) is 8.30. The molecule has 11 heteroatoms. The van der Waals surface area contributed by atoms with Crippen LogP contribution in [0.4, 0.5) is 5.82 Å². The van der Waals surface area contributed by atoms with E-state index < -0.39 is 5.25 Å². The van der Waals surface area contributed by atoms with E-state index in [4.69, 9.17) is 26.2 Å². The molecule has 240 valence electrons. The number of ether oxygens (including phenoxy) is 2. The second kappa shape index (κ2) is 13.9. The lowest BCUT2D eigenvalue weighted by atomic mass is 9.98. The molecule has 0 saturated carbocycles. The van der Waals surface area contributed by atoms with Gasteiger partial charge in [-0.2, -0.15) is 5.10 Å². The molecule has 3 aromatic carbocycles. The maximum Gasteiger partial charge on any atom is 0.240 e. The molecule has 0 spiro atoms. The van der Waals surface area contributed by atoms with Crippen molar-refractivity contribution in [1.29, 1.82) is 0 Å². The minimum Gasteiger partial charge on any atom is -0.496 e. The Kier molecular flexibility index (Phi) is 9.51. The van der Waals surface area contributed by atoms with E-state index >= 15 is 0 Å². The van der Waals surface area contributed by atoms with Crippen molar-refractivity contribution in [3.63, 3.8) is 0 Å². The third-order valence-electron chi connectivity index (χ3n) is 8.02. The monoisotopic (exact) mass is 667 g/mol. The van der Waals surface area contributed by atoms with Gasteiger partial charge in [0.2, 0.25) is 11.8 Å². The molecule has 5 aromatic rings. The zero-order valence-corrected chi connectivity index (χ0v) is 28.1. The molecule has 1 aliphatic heterocycles. The number of anilines is 1. The highest BCUT2D eigenvalue weighted by atomic mass is 35.5. The molecule has 47 heavy (non-hydrogen) atoms. The molecule has 2 aromatic heterocycles. The number of halogens is 1. The molecule has 0 fully saturated rings. The summed E-state index contributed by atoms with van der Waals surface area (Å²) in [4.78, 5) is 33.6. The number of hydrogen-bond donors (Lipinski definition) is 1. The fraction of sp³-hybridized carbons (Fsp3) is 0.222. The van der Waals surface area contributed by atoms with Crippen LogP contribution in [0.25, 0.3) is 16.9 Å². The van der Waals surface area contributed by atoms with E-state index in [9.17, 15) is 9.59 Å². The van der Waals surface area contributed by atoms with Crippen molar-refractivity contribution in [3.05, 3.63) is 118 Å². The first-order valence-corrected chi connectivity index (χ1v) is 16.5. The third-order valence-corrected chi connectivity index (χ3v) is 9.60. The van der Waals surface area contributed by atoms with Crippen LogP contribution >= 0.6 is 23.4 Å². The number of thioether (sulfide) groups is 1. The van der Waals surface area contributed by atoms with Gasteiger partial charge in [-0.25, -0.2) is 4.68 Å². The van der Waals surface area contributed by atoms with Crippen molar-refractivity contribution in [2.45, 2.75) is 25.6 Å². The van der Waals surface area contributed by atoms with Crippen molar-refractivity contribution in [2.24, 2.45) is 0 Å². The second-order valence-corrected chi connectivity index (χ2v) is 12.6. The van der Waals surface area contributed by atoms with Gasteiger partial charge >= 0.3 is 0 Å². The maximum atomic E-state index is 14.2. The first-order chi connectivity index (χ1) is 22.8. The molecule has 0 saturated heterocycles. The summed E-state index contributed by atoms with van der Waals surface area (Å²) < 4.78 is 13.5. The van der Waals surface area contributed by atoms with Crippen LogP contribution in [0.5, 0.6) is 11.5 Å². The van der Waals surface area contributed by atoms with Gasteiger partial charge in [-0.15, -0.1) is 11.8 Å². The highest BCUT2D eigenvalue weighted by Gasteiger charge is 2.39. The maximum absolute atomic E-state index is 14.2. The van der Waals surface area contributed by atoms with Crippen LogP contribution in [0.3, 0.4) is 0 Å². The Balaban J connectivity index is 1.62. The standard InChI is InChI=1S/C36H34ClN5O4S/c1-22-15-16-27(23(2)18-22)42-36-33(34(40-42)32-28(45-3)13-9-14-29(32)46-4)35(25-11-5-6-12-26(25)37)47-21-31(44)41(36)20-30(43)39-19-24-10-7-8-17-38-24/h5-18,35H,19-21H2,1-4H3,(H,39,43)/t35-/m0/s1. The summed E-state index contributed by atoms with van der Waals surface area (Å²) in [5.41, 5.74) is 6.24. The number of rotatable bonds is 9. The molecule has 1 N–H and O–H groups in total. The molecule has 0 aliphatic carbocycles. The summed E-state index contributed by atoms with van der Waals surface area (Å²) >= 11 is 8.30. The van der Waals surface area contributed by atoms with Gasteiger partial charge in [-0.3, -0.25) is 19.5 Å². The Morgan fingerprint density at radius 1 is 1.00 bits per heavy atom. The Morgan fingerprint density at radius 3 is 2.43 bits per heavy atom. The van der Waals surface area contributed by atoms with Gasteiger partial charge in [0.25, 0.3) is 0 Å². The van der Waals surface area contributed by atoms with Crippen molar-refractivity contribution in [2.75, 3.05) is 31.4 Å². The minimum atomic E-state index is -0.423. The van der Waals surface area contributed by atoms with Gasteiger partial charge in [0.1, 0.15) is 29.6 Å². The first kappa shape index (κ1) is 32.2. The van der Waals surface area contributed by atoms with Crippen LogP contribution in [-0.2, 0) is 16.1 Å². The number of amides is 2. The van der Waals surface area contributed by atoms with Crippen LogP contribution in [0.1, 0.15) is 33.2 Å². The zero-order chi connectivity index (χ0) is 33.1. The lowest BCUT2D eigenvalue weighted by Gasteiger charge is -2.24. The van der Waals surface area contributed by atoms with E-state index in [-0.39, 0.29) is 30.7 Å². The van der Waals surface area contributed by atoms with E-state index in [0.29, 0.717) is 44.9 Å². The third kappa shape index (κ3) is 6.43. The number of pyridine rings is 1. The first-order valence-electron chi connectivity index (χ1n) is 15.1. The molecule has 1 aliphatic rings. The van der Waals surface area contributed by atoms with Crippen molar-refractivity contribution in [1.82, 2.24) is 20.1 Å². The molecule has 2 amide bonds. The topological polar surface area (TPSA) is 98.6 Å². The van der Waals surface area contributed by atoms with Crippen LogP contribution in [-0.4, -0.2) is 53.1 Å². The van der Waals surface area contributed by atoms with Gasteiger partial charge < -0.3 is 14.8 Å². The molecule has 0 unspecified atom stereocenters. The molecule has 0 bridgehead atoms. The summed E-state index contributed by atoms with van der Waals surface area (Å²) in [6.07, 6.45) is 1.67. The number of nitrogens with one attached hydrogen (secondary N) is 1. The molecule has 1 atom stereocenters. The normalized spacial score (nSPS) is 14.4. The van der Waals surface area contributed by atoms with Gasteiger partial charge in [0.15, 0.2) is 0 Å². The Bertz CT molecular complexity index is 1930. The van der Waals surface area contributed by atoms with Crippen molar-refractivity contribution in [3.8, 4) is 28.4 Å². The van der Waals surface area contributed by atoms with Gasteiger partial charge in [-0.1, -0.05) is 59.6 Å². The predicted octanol–water partition coefficient (Wildman–Crippen LogP) is 6.71. The lowest BCUT2D eigenvalue weighted by Crippen LogP contribution is -2.42. The number of hydrogen-bond acceptors (Lipinski definition) is 7. The molecular weight excluding hydrogens is 634 g/mol. The Labute approximate surface area is 282 Å². The molecular formula is C36H34ClN5O4S. The SMILES string of the molecule is COc1cccc(OC)c1-c1nn(-c2ccc(C)cc2C)c2c1[C@H](c1ccccc1Cl)SCC(=O)N2CC(=O)NCc1ccccn1. The molecule has 3 heterocycles. The van der Waals surface area contributed by atoms with Crippen LogP contribution in [0.2, 0.25) is 5.02 Å². The highest BCUT2D eigenvalue weighted by molar-refractivity contribution is 8.00. The number of carbonyl (C=O) groups excluding carboxylic acids is 2. The van der Waals surface area contributed by atoms with E-state index in [1.807, 2.05) is 86.6 Å². The minimum absolute atomic E-state index is 0.105. The van der Waals surface area contributed by atoms with E-state index in [2.05, 4.69) is 16.4 Å². The Morgan fingerprint density at radius 2 is 1.74 bits per heavy atom. The molecule has 6 rings (SSSR count). The molecule has 9 nitrogen and oxygen atoms in total. The average Bonchev–Trinajstić information content (AvgIpc) is 3.39. The fourth-order valence-corrected chi connectivity index (χ4v) is 7.37. The zero-order valence-electron chi connectivity index (χ0n) is 26.5. The van der Waals surface area contributed by atoms with Gasteiger partial charge in [-0.05, 0) is 61.4 Å². The average molecular weight is 668 g/mol. The summed E-state index contributed by atoms with van der Waals surface area (Å²) in [6.45, 7) is 4.03. The van der Waals surface area contributed by atoms with Crippen LogP contribution in [0, 0.1) is 13.8 Å². The number of aromatic nitrogens is 3. The van der Waals surface area contributed by atoms with E-state index in [1.165, 1.54) is 16.7 Å². The number of nitrogens with zero attached hydrogens (tertiary/aromatic N) is 4. The highest BCUT2D eigenvalue weighted by Crippen LogP contribution is 2.52. The van der Waals surface area contributed by atoms with Crippen molar-refractivity contribution < 1.29 is 19.1 Å². The van der Waals surface area contributed by atoms with E-state index in [0.717, 1.165) is 22.4 Å². The summed E-state index contributed by atoms with van der Waals surface area (Å²) in [5.74, 6) is 1.12. The largest absolute Gasteiger partial charge is 0.496 e. The predicted molar refractivity (Wildman–Crippen MR) is 186 cm³/mol. The summed E-state index contributed by atoms with van der Waals surface area (Å²) in [7, 11) is 3.19. The Hall–Kier alpha value is -4.80. The van der Waals surface area contributed by atoms with Gasteiger partial charge in [0.05, 0.1) is 48.7 Å². The number of methoxy groups -OCH3 is 2. The quantitative estimate of drug-likeness (QED) is 0.187. The van der Waals surface area contributed by atoms with Crippen LogP contribution in [0.15, 0.2) is 85.1 Å². The smallest absolute Gasteiger partial charge is 0.240 e. The molecule has 0 radical (unpaired) electrons. The van der Waals surface area contributed by atoms with E-state index in [1.54, 1.807) is 25.1 Å². The van der Waals surface area contributed by atoms with Gasteiger partial charge in [0, 0.05) is 16.8 Å².